The van der Waals surface area contributed by atoms with Crippen LogP contribution < -0.4 is 10.1 Å². The van der Waals surface area contributed by atoms with Gasteiger partial charge in [0.15, 0.2) is 0 Å². The van der Waals surface area contributed by atoms with Gasteiger partial charge < -0.3 is 10.1 Å². The Kier molecular flexibility index (Phi) is 4.93. The highest BCUT2D eigenvalue weighted by atomic mass is 19.1. The molecule has 3 rings (SSSR count). The number of piperazine rings is 1. The third-order valence-corrected chi connectivity index (χ3v) is 4.98. The summed E-state index contributed by atoms with van der Waals surface area (Å²) in [6.45, 7) is 3.43. The molecule has 0 unspecified atom stereocenters. The molecule has 1 atom stereocenters. The molecule has 1 N–H and O–H groups in total. The second-order valence-electron chi connectivity index (χ2n) is 6.28. The molecular weight excluding hydrogens is 286 g/mol. The monoisotopic (exact) mass is 310 g/mol. The SMILES string of the molecule is COc1cc(F)c([C@@H](C2CCCC2)N2CCNCC2)c(F)c1. The fourth-order valence-corrected chi connectivity index (χ4v) is 3.91. The Hall–Kier alpha value is -1.20. The van der Waals surface area contributed by atoms with Gasteiger partial charge in [-0.15, -0.1) is 0 Å². The van der Waals surface area contributed by atoms with Crippen molar-refractivity contribution in [3.63, 3.8) is 0 Å². The maximum Gasteiger partial charge on any atom is 0.134 e. The summed E-state index contributed by atoms with van der Waals surface area (Å²) >= 11 is 0. The first-order valence-electron chi connectivity index (χ1n) is 8.18. The maximum atomic E-state index is 14.6. The summed E-state index contributed by atoms with van der Waals surface area (Å²) in [4.78, 5) is 2.25. The summed E-state index contributed by atoms with van der Waals surface area (Å²) in [7, 11) is 1.43. The molecule has 2 aliphatic rings. The van der Waals surface area contributed by atoms with E-state index in [0.29, 0.717) is 5.92 Å². The fourth-order valence-electron chi connectivity index (χ4n) is 3.91. The van der Waals surface area contributed by atoms with Crippen LogP contribution in [-0.4, -0.2) is 38.2 Å². The Bertz CT molecular complexity index is 488. The largest absolute Gasteiger partial charge is 0.497 e. The minimum Gasteiger partial charge on any atom is -0.497 e. The van der Waals surface area contributed by atoms with Crippen LogP contribution in [0.2, 0.25) is 0 Å². The van der Waals surface area contributed by atoms with E-state index >= 15 is 0 Å². The van der Waals surface area contributed by atoms with Crippen LogP contribution in [0.5, 0.6) is 5.75 Å². The highest BCUT2D eigenvalue weighted by Crippen LogP contribution is 2.42. The molecule has 3 nitrogen and oxygen atoms in total. The van der Waals surface area contributed by atoms with Crippen molar-refractivity contribution in [3.05, 3.63) is 29.3 Å². The van der Waals surface area contributed by atoms with E-state index in [9.17, 15) is 8.78 Å². The zero-order chi connectivity index (χ0) is 15.5. The molecule has 122 valence electrons. The summed E-state index contributed by atoms with van der Waals surface area (Å²) in [5, 5.41) is 3.31. The lowest BCUT2D eigenvalue weighted by Crippen LogP contribution is -2.47. The predicted molar refractivity (Wildman–Crippen MR) is 82.1 cm³/mol. The molecular formula is C17H24F2N2O. The first-order chi connectivity index (χ1) is 10.7. The van der Waals surface area contributed by atoms with Gasteiger partial charge >= 0.3 is 0 Å². The molecule has 1 aromatic carbocycles. The van der Waals surface area contributed by atoms with Crippen molar-refractivity contribution in [2.75, 3.05) is 33.3 Å². The van der Waals surface area contributed by atoms with E-state index in [1.165, 1.54) is 19.2 Å². The molecule has 5 heteroatoms. The third-order valence-electron chi connectivity index (χ3n) is 4.98. The summed E-state index contributed by atoms with van der Waals surface area (Å²) in [5.74, 6) is -0.376. The quantitative estimate of drug-likeness (QED) is 0.925. The number of nitrogens with zero attached hydrogens (tertiary/aromatic N) is 1. The lowest BCUT2D eigenvalue weighted by Gasteiger charge is -2.39. The van der Waals surface area contributed by atoms with Crippen molar-refractivity contribution in [2.45, 2.75) is 31.7 Å². The molecule has 22 heavy (non-hydrogen) atoms. The van der Waals surface area contributed by atoms with E-state index in [4.69, 9.17) is 4.74 Å². The Morgan fingerprint density at radius 1 is 1.14 bits per heavy atom. The van der Waals surface area contributed by atoms with Gasteiger partial charge in [0.05, 0.1) is 7.11 Å². The van der Waals surface area contributed by atoms with E-state index < -0.39 is 11.6 Å². The topological polar surface area (TPSA) is 24.5 Å². The van der Waals surface area contributed by atoms with Crippen LogP contribution in [0.25, 0.3) is 0 Å². The molecule has 1 heterocycles. The number of ether oxygens (including phenoxy) is 1. The smallest absolute Gasteiger partial charge is 0.134 e. The van der Waals surface area contributed by atoms with Gasteiger partial charge in [0.25, 0.3) is 0 Å². The van der Waals surface area contributed by atoms with Crippen molar-refractivity contribution in [2.24, 2.45) is 5.92 Å². The molecule has 1 aliphatic carbocycles. The maximum absolute atomic E-state index is 14.6. The standard InChI is InChI=1S/C17H24F2N2O/c1-22-13-10-14(18)16(15(19)11-13)17(12-4-2-3-5-12)21-8-6-20-7-9-21/h10-12,17,20H,2-9H2,1H3/t17-/m1/s1. The zero-order valence-corrected chi connectivity index (χ0v) is 13.1. The van der Waals surface area contributed by atoms with Gasteiger partial charge in [0.1, 0.15) is 17.4 Å². The molecule has 2 fully saturated rings. The molecule has 0 bridgehead atoms. The van der Waals surface area contributed by atoms with E-state index in [1.807, 2.05) is 0 Å². The Morgan fingerprint density at radius 3 is 2.27 bits per heavy atom. The normalized spacial score (nSPS) is 22.0. The van der Waals surface area contributed by atoms with Crippen LogP contribution >= 0.6 is 0 Å². The number of nitrogens with one attached hydrogen (secondary N) is 1. The van der Waals surface area contributed by atoms with E-state index in [0.717, 1.165) is 51.9 Å². The predicted octanol–water partition coefficient (Wildman–Crippen LogP) is 3.11. The van der Waals surface area contributed by atoms with Gasteiger partial charge in [0.2, 0.25) is 0 Å². The minimum absolute atomic E-state index is 0.157. The van der Waals surface area contributed by atoms with Crippen molar-refractivity contribution in [3.8, 4) is 5.75 Å². The molecule has 0 amide bonds. The van der Waals surface area contributed by atoms with E-state index in [2.05, 4.69) is 10.2 Å². The molecule has 0 spiro atoms. The molecule has 1 aliphatic heterocycles. The van der Waals surface area contributed by atoms with Crippen LogP contribution in [0.15, 0.2) is 12.1 Å². The average molecular weight is 310 g/mol. The average Bonchev–Trinajstić information content (AvgIpc) is 3.05. The fraction of sp³-hybridized carbons (Fsp3) is 0.647. The number of halogens is 2. The summed E-state index contributed by atoms with van der Waals surface area (Å²) in [5.41, 5.74) is 0.231. The van der Waals surface area contributed by atoms with Gasteiger partial charge in [0, 0.05) is 49.9 Å². The van der Waals surface area contributed by atoms with Gasteiger partial charge in [-0.25, -0.2) is 8.78 Å². The summed E-state index contributed by atoms with van der Waals surface area (Å²) in [6.07, 6.45) is 4.43. The van der Waals surface area contributed by atoms with E-state index in [1.54, 1.807) is 0 Å². The van der Waals surface area contributed by atoms with Gasteiger partial charge in [-0.1, -0.05) is 12.8 Å². The van der Waals surface area contributed by atoms with Crippen molar-refractivity contribution in [1.82, 2.24) is 10.2 Å². The van der Waals surface area contributed by atoms with Crippen LogP contribution in [0.4, 0.5) is 8.78 Å². The van der Waals surface area contributed by atoms with Gasteiger partial charge in [-0.2, -0.15) is 0 Å². The molecule has 1 saturated carbocycles. The Labute approximate surface area is 130 Å². The first-order valence-corrected chi connectivity index (χ1v) is 8.18. The third kappa shape index (κ3) is 3.10. The van der Waals surface area contributed by atoms with Crippen molar-refractivity contribution < 1.29 is 13.5 Å². The lowest BCUT2D eigenvalue weighted by atomic mass is 9.89. The molecule has 1 aromatic rings. The number of benzene rings is 1. The second kappa shape index (κ2) is 6.92. The Morgan fingerprint density at radius 2 is 1.73 bits per heavy atom. The molecule has 1 saturated heterocycles. The lowest BCUT2D eigenvalue weighted by molar-refractivity contribution is 0.119. The first kappa shape index (κ1) is 15.7. The highest BCUT2D eigenvalue weighted by molar-refractivity contribution is 5.33. The molecule has 0 aromatic heterocycles. The van der Waals surface area contributed by atoms with Crippen LogP contribution in [0.3, 0.4) is 0 Å². The number of methoxy groups -OCH3 is 1. The van der Waals surface area contributed by atoms with Gasteiger partial charge in [-0.05, 0) is 18.8 Å². The van der Waals surface area contributed by atoms with Gasteiger partial charge in [-0.3, -0.25) is 4.90 Å². The van der Waals surface area contributed by atoms with Crippen LogP contribution in [0.1, 0.15) is 37.3 Å². The zero-order valence-electron chi connectivity index (χ0n) is 13.1. The Balaban J connectivity index is 1.97. The van der Waals surface area contributed by atoms with Crippen molar-refractivity contribution in [1.29, 1.82) is 0 Å². The number of rotatable bonds is 4. The molecule has 0 radical (unpaired) electrons. The highest BCUT2D eigenvalue weighted by Gasteiger charge is 2.35. The van der Waals surface area contributed by atoms with Crippen LogP contribution in [0, 0.1) is 17.6 Å². The summed E-state index contributed by atoms with van der Waals surface area (Å²) in [6, 6.07) is 2.46. The minimum atomic E-state index is -0.479. The summed E-state index contributed by atoms with van der Waals surface area (Å²) < 4.78 is 34.2. The van der Waals surface area contributed by atoms with E-state index in [-0.39, 0.29) is 17.4 Å². The number of hydrogen-bond donors (Lipinski definition) is 1. The number of hydrogen-bond acceptors (Lipinski definition) is 3. The van der Waals surface area contributed by atoms with Crippen LogP contribution in [-0.2, 0) is 0 Å². The van der Waals surface area contributed by atoms with Crippen molar-refractivity contribution >= 4 is 0 Å². The second-order valence-corrected chi connectivity index (χ2v) is 6.28.